The molecule has 0 bridgehead atoms. The van der Waals surface area contributed by atoms with Crippen LogP contribution in [0.2, 0.25) is 0 Å². The number of carbonyl (C=O) groups is 1. The van der Waals surface area contributed by atoms with Gasteiger partial charge in [-0.2, -0.15) is 5.26 Å². The lowest BCUT2D eigenvalue weighted by molar-refractivity contribution is -0.122. The first-order valence-corrected chi connectivity index (χ1v) is 8.36. The molecule has 1 aliphatic heterocycles. The first kappa shape index (κ1) is 17.3. The maximum atomic E-state index is 11.8. The van der Waals surface area contributed by atoms with Gasteiger partial charge in [-0.05, 0) is 37.9 Å². The van der Waals surface area contributed by atoms with Crippen LogP contribution in [-0.4, -0.2) is 44.0 Å². The summed E-state index contributed by atoms with van der Waals surface area (Å²) in [5.74, 6) is -0.0294. The Balaban J connectivity index is 1.91. The van der Waals surface area contributed by atoms with Gasteiger partial charge in [0, 0.05) is 31.9 Å². The Labute approximate surface area is 138 Å². The normalized spacial score (nSPS) is 14.6. The SMILES string of the molecule is CN(CC(=O)NCCC#N)Cc1ccccc1N1CCCCC1. The van der Waals surface area contributed by atoms with Crippen LogP contribution < -0.4 is 10.2 Å². The molecule has 1 aromatic carbocycles. The summed E-state index contributed by atoms with van der Waals surface area (Å²) in [5, 5.41) is 11.3. The zero-order chi connectivity index (χ0) is 16.5. The van der Waals surface area contributed by atoms with Crippen LogP contribution in [0, 0.1) is 11.3 Å². The number of hydrogen-bond donors (Lipinski definition) is 1. The van der Waals surface area contributed by atoms with E-state index in [0.29, 0.717) is 19.5 Å². The van der Waals surface area contributed by atoms with E-state index < -0.39 is 0 Å². The fraction of sp³-hybridized carbons (Fsp3) is 0.556. The predicted octanol–water partition coefficient (Wildman–Crippen LogP) is 2.14. The van der Waals surface area contributed by atoms with Crippen molar-refractivity contribution in [1.82, 2.24) is 10.2 Å². The molecule has 1 N–H and O–H groups in total. The summed E-state index contributed by atoms with van der Waals surface area (Å²) in [6.07, 6.45) is 4.19. The highest BCUT2D eigenvalue weighted by molar-refractivity contribution is 5.78. The van der Waals surface area contributed by atoms with E-state index in [4.69, 9.17) is 5.26 Å². The zero-order valence-corrected chi connectivity index (χ0v) is 13.9. The number of carbonyl (C=O) groups excluding carboxylic acids is 1. The molecule has 0 radical (unpaired) electrons. The largest absolute Gasteiger partial charge is 0.371 e. The summed E-state index contributed by atoms with van der Waals surface area (Å²) in [6.45, 7) is 3.76. The van der Waals surface area contributed by atoms with Gasteiger partial charge in [-0.3, -0.25) is 9.69 Å². The molecule has 1 amide bonds. The summed E-state index contributed by atoms with van der Waals surface area (Å²) in [6, 6.07) is 10.5. The first-order valence-electron chi connectivity index (χ1n) is 8.36. The van der Waals surface area contributed by atoms with Gasteiger partial charge in [0.15, 0.2) is 0 Å². The Kier molecular flexibility index (Phi) is 6.89. The average molecular weight is 314 g/mol. The molecule has 5 heteroatoms. The lowest BCUT2D eigenvalue weighted by Crippen LogP contribution is -2.36. The Morgan fingerprint density at radius 2 is 2.04 bits per heavy atom. The van der Waals surface area contributed by atoms with Gasteiger partial charge in [-0.25, -0.2) is 0 Å². The van der Waals surface area contributed by atoms with Crippen LogP contribution in [-0.2, 0) is 11.3 Å². The molecule has 0 aliphatic carbocycles. The summed E-state index contributed by atoms with van der Waals surface area (Å²) < 4.78 is 0. The number of para-hydroxylation sites is 1. The van der Waals surface area contributed by atoms with E-state index in [9.17, 15) is 4.79 Å². The molecule has 0 spiro atoms. The van der Waals surface area contributed by atoms with Crippen LogP contribution in [0.3, 0.4) is 0 Å². The summed E-state index contributed by atoms with van der Waals surface area (Å²) in [7, 11) is 1.96. The molecule has 0 atom stereocenters. The number of amides is 1. The quantitative estimate of drug-likeness (QED) is 0.783. The standard InChI is InChI=1S/C18H26N4O/c1-21(15-18(23)20-11-7-10-19)14-16-8-3-4-9-17(16)22-12-5-2-6-13-22/h3-4,8-9H,2,5-7,11-15H2,1H3,(H,20,23). The number of nitrogens with one attached hydrogen (secondary N) is 1. The second-order valence-corrected chi connectivity index (χ2v) is 6.11. The van der Waals surface area contributed by atoms with E-state index in [0.717, 1.165) is 19.6 Å². The van der Waals surface area contributed by atoms with Crippen molar-refractivity contribution >= 4 is 11.6 Å². The monoisotopic (exact) mass is 314 g/mol. The molecule has 2 rings (SSSR count). The number of nitriles is 1. The van der Waals surface area contributed by atoms with Crippen LogP contribution in [0.25, 0.3) is 0 Å². The highest BCUT2D eigenvalue weighted by Crippen LogP contribution is 2.24. The molecular weight excluding hydrogens is 288 g/mol. The van der Waals surface area contributed by atoms with Crippen LogP contribution in [0.1, 0.15) is 31.2 Å². The van der Waals surface area contributed by atoms with Crippen LogP contribution >= 0.6 is 0 Å². The molecule has 23 heavy (non-hydrogen) atoms. The number of rotatable bonds is 7. The molecule has 124 valence electrons. The van der Waals surface area contributed by atoms with Gasteiger partial charge in [0.2, 0.25) is 5.91 Å². The molecule has 0 saturated carbocycles. The maximum Gasteiger partial charge on any atom is 0.234 e. The second-order valence-electron chi connectivity index (χ2n) is 6.11. The smallest absolute Gasteiger partial charge is 0.234 e. The second kappa shape index (κ2) is 9.16. The van der Waals surface area contributed by atoms with E-state index in [1.165, 1.54) is 30.5 Å². The highest BCUT2D eigenvalue weighted by Gasteiger charge is 2.15. The minimum Gasteiger partial charge on any atom is -0.371 e. The molecular formula is C18H26N4O. The van der Waals surface area contributed by atoms with E-state index in [1.807, 2.05) is 18.0 Å². The predicted molar refractivity (Wildman–Crippen MR) is 92.1 cm³/mol. The third kappa shape index (κ3) is 5.57. The summed E-state index contributed by atoms with van der Waals surface area (Å²) in [5.41, 5.74) is 2.56. The molecule has 1 aromatic rings. The van der Waals surface area contributed by atoms with Crippen molar-refractivity contribution in [3.05, 3.63) is 29.8 Å². The van der Waals surface area contributed by atoms with Crippen molar-refractivity contribution < 1.29 is 4.79 Å². The third-order valence-corrected chi connectivity index (χ3v) is 4.10. The van der Waals surface area contributed by atoms with Gasteiger partial charge in [-0.1, -0.05) is 18.2 Å². The summed E-state index contributed by atoms with van der Waals surface area (Å²) >= 11 is 0. The molecule has 0 unspecified atom stereocenters. The van der Waals surface area contributed by atoms with E-state index in [-0.39, 0.29) is 5.91 Å². The number of anilines is 1. The van der Waals surface area contributed by atoms with Gasteiger partial charge >= 0.3 is 0 Å². The lowest BCUT2D eigenvalue weighted by atomic mass is 10.1. The van der Waals surface area contributed by atoms with Crippen molar-refractivity contribution in [3.8, 4) is 6.07 Å². The topological polar surface area (TPSA) is 59.4 Å². The Bertz CT molecular complexity index is 546. The van der Waals surface area contributed by atoms with E-state index in [1.54, 1.807) is 0 Å². The van der Waals surface area contributed by atoms with Crippen LogP contribution in [0.4, 0.5) is 5.69 Å². The van der Waals surface area contributed by atoms with E-state index in [2.05, 4.69) is 34.5 Å². The lowest BCUT2D eigenvalue weighted by Gasteiger charge is -2.31. The molecule has 0 aromatic heterocycles. The van der Waals surface area contributed by atoms with Gasteiger partial charge in [0.25, 0.3) is 0 Å². The minimum atomic E-state index is -0.0294. The molecule has 1 fully saturated rings. The van der Waals surface area contributed by atoms with Gasteiger partial charge in [0.1, 0.15) is 0 Å². The van der Waals surface area contributed by atoms with Crippen molar-refractivity contribution in [2.75, 3.05) is 38.1 Å². The number of hydrogen-bond acceptors (Lipinski definition) is 4. The Hall–Kier alpha value is -2.06. The number of piperidine rings is 1. The molecule has 5 nitrogen and oxygen atoms in total. The van der Waals surface area contributed by atoms with Crippen molar-refractivity contribution in [3.63, 3.8) is 0 Å². The van der Waals surface area contributed by atoms with Gasteiger partial charge in [-0.15, -0.1) is 0 Å². The van der Waals surface area contributed by atoms with Gasteiger partial charge in [0.05, 0.1) is 19.0 Å². The van der Waals surface area contributed by atoms with Gasteiger partial charge < -0.3 is 10.2 Å². The fourth-order valence-corrected chi connectivity index (χ4v) is 2.99. The maximum absolute atomic E-state index is 11.8. The minimum absolute atomic E-state index is 0.0294. The summed E-state index contributed by atoms with van der Waals surface area (Å²) in [4.78, 5) is 16.3. The zero-order valence-electron chi connectivity index (χ0n) is 13.9. The average Bonchev–Trinajstić information content (AvgIpc) is 2.56. The van der Waals surface area contributed by atoms with Crippen LogP contribution in [0.15, 0.2) is 24.3 Å². The highest BCUT2D eigenvalue weighted by atomic mass is 16.2. The number of benzene rings is 1. The molecule has 1 saturated heterocycles. The Morgan fingerprint density at radius 3 is 2.78 bits per heavy atom. The van der Waals surface area contributed by atoms with Crippen LogP contribution in [0.5, 0.6) is 0 Å². The third-order valence-electron chi connectivity index (χ3n) is 4.10. The fourth-order valence-electron chi connectivity index (χ4n) is 2.99. The number of likely N-dealkylation sites (N-methyl/N-ethyl adjacent to an activating group) is 1. The number of nitrogens with zero attached hydrogens (tertiary/aromatic N) is 3. The van der Waals surface area contributed by atoms with E-state index >= 15 is 0 Å². The Morgan fingerprint density at radius 1 is 1.30 bits per heavy atom. The first-order chi connectivity index (χ1) is 11.2. The molecule has 1 aliphatic rings. The van der Waals surface area contributed by atoms with Crippen molar-refractivity contribution in [2.24, 2.45) is 0 Å². The van der Waals surface area contributed by atoms with Crippen molar-refractivity contribution in [1.29, 1.82) is 5.26 Å². The van der Waals surface area contributed by atoms with Crippen molar-refractivity contribution in [2.45, 2.75) is 32.2 Å². The molecule has 1 heterocycles.